The van der Waals surface area contributed by atoms with Crippen LogP contribution in [0.15, 0.2) is 24.3 Å². The summed E-state index contributed by atoms with van der Waals surface area (Å²) in [6.07, 6.45) is 7.87. The van der Waals surface area contributed by atoms with Gasteiger partial charge in [0.15, 0.2) is 0 Å². The lowest BCUT2D eigenvalue weighted by atomic mass is 9.81. The monoisotopic (exact) mass is 414 g/mol. The molecular formula is C24H38N4O2. The number of rotatable bonds is 7. The largest absolute Gasteiger partial charge is 0.341 e. The van der Waals surface area contributed by atoms with Crippen LogP contribution in [0, 0.1) is 11.8 Å². The summed E-state index contributed by atoms with van der Waals surface area (Å²) >= 11 is 0. The van der Waals surface area contributed by atoms with Crippen LogP contribution in [-0.2, 0) is 11.2 Å². The fourth-order valence-corrected chi connectivity index (χ4v) is 4.61. The second kappa shape index (κ2) is 10.3. The molecule has 1 aromatic carbocycles. The molecule has 1 aromatic rings. The molecule has 0 heterocycles. The first kappa shape index (κ1) is 22.6. The van der Waals surface area contributed by atoms with Gasteiger partial charge in [-0.15, -0.1) is 0 Å². The maximum Gasteiger partial charge on any atom is 0.319 e. The maximum atomic E-state index is 12.7. The molecule has 6 heteroatoms. The zero-order valence-corrected chi connectivity index (χ0v) is 18.7. The van der Waals surface area contributed by atoms with Crippen LogP contribution in [0.5, 0.6) is 0 Å². The number of likely N-dealkylation sites (N-methyl/N-ethyl adjacent to an activating group) is 1. The molecule has 166 valence electrons. The van der Waals surface area contributed by atoms with Gasteiger partial charge in [0.2, 0.25) is 5.91 Å². The third kappa shape index (κ3) is 5.97. The van der Waals surface area contributed by atoms with Gasteiger partial charge in [-0.25, -0.2) is 4.79 Å². The number of hydrogen-bond acceptors (Lipinski definition) is 3. The van der Waals surface area contributed by atoms with Crippen molar-refractivity contribution in [1.82, 2.24) is 10.2 Å². The summed E-state index contributed by atoms with van der Waals surface area (Å²) in [5, 5.41) is 6.05. The van der Waals surface area contributed by atoms with Gasteiger partial charge < -0.3 is 21.3 Å². The molecule has 2 saturated carbocycles. The van der Waals surface area contributed by atoms with Gasteiger partial charge in [0.1, 0.15) is 0 Å². The van der Waals surface area contributed by atoms with Gasteiger partial charge in [0.05, 0.1) is 6.04 Å². The molecule has 0 aromatic heterocycles. The van der Waals surface area contributed by atoms with E-state index in [-0.39, 0.29) is 23.9 Å². The van der Waals surface area contributed by atoms with E-state index < -0.39 is 6.04 Å². The Kier molecular flexibility index (Phi) is 7.75. The average Bonchev–Trinajstić information content (AvgIpc) is 2.65. The molecular weight excluding hydrogens is 376 g/mol. The second-order valence-electron chi connectivity index (χ2n) is 9.57. The van der Waals surface area contributed by atoms with Gasteiger partial charge in [0.25, 0.3) is 0 Å². The third-order valence-electron chi connectivity index (χ3n) is 6.70. The van der Waals surface area contributed by atoms with E-state index >= 15 is 0 Å². The number of hydrogen-bond donors (Lipinski definition) is 3. The van der Waals surface area contributed by atoms with Crippen molar-refractivity contribution in [2.75, 3.05) is 12.4 Å². The first-order chi connectivity index (χ1) is 14.3. The minimum atomic E-state index is -0.422. The lowest BCUT2D eigenvalue weighted by Crippen LogP contribution is -2.52. The predicted octanol–water partition coefficient (Wildman–Crippen LogP) is 3.90. The van der Waals surface area contributed by atoms with E-state index in [1.165, 1.54) is 12.0 Å². The van der Waals surface area contributed by atoms with Crippen LogP contribution in [0.2, 0.25) is 0 Å². The molecule has 3 amide bonds. The number of nitrogens with one attached hydrogen (secondary N) is 2. The van der Waals surface area contributed by atoms with E-state index in [9.17, 15) is 9.59 Å². The zero-order valence-electron chi connectivity index (χ0n) is 18.7. The van der Waals surface area contributed by atoms with Crippen molar-refractivity contribution in [1.29, 1.82) is 0 Å². The Hall–Kier alpha value is -2.08. The SMILES string of the molecule is CC(C)Cc1cccc(NC(=O)NC2CCC([C@H](N)C(=O)N(C)C3CCC3)CC2)c1. The van der Waals surface area contributed by atoms with Crippen LogP contribution in [0.3, 0.4) is 0 Å². The van der Waals surface area contributed by atoms with Crippen LogP contribution in [0.1, 0.15) is 64.4 Å². The molecule has 0 saturated heterocycles. The number of carbonyl (C=O) groups is 2. The number of benzene rings is 1. The smallest absolute Gasteiger partial charge is 0.319 e. The zero-order chi connectivity index (χ0) is 21.7. The van der Waals surface area contributed by atoms with Gasteiger partial charge in [-0.3, -0.25) is 4.79 Å². The summed E-state index contributed by atoms with van der Waals surface area (Å²) in [5.74, 6) is 0.861. The van der Waals surface area contributed by atoms with Crippen molar-refractivity contribution in [2.45, 2.75) is 83.3 Å². The third-order valence-corrected chi connectivity index (χ3v) is 6.70. The Morgan fingerprint density at radius 2 is 1.83 bits per heavy atom. The van der Waals surface area contributed by atoms with E-state index in [0.717, 1.165) is 50.6 Å². The molecule has 30 heavy (non-hydrogen) atoms. The van der Waals surface area contributed by atoms with Gasteiger partial charge in [0, 0.05) is 24.8 Å². The standard InChI is InChI=1S/C24H38N4O2/c1-16(2)14-17-6-4-7-20(15-17)27-24(30)26-19-12-10-18(11-13-19)22(25)23(29)28(3)21-8-5-9-21/h4,6-7,15-16,18-19,21-22H,5,8-14,25H2,1-3H3,(H2,26,27,30)/t18?,19?,22-/m0/s1. The fraction of sp³-hybridized carbons (Fsp3) is 0.667. The van der Waals surface area contributed by atoms with E-state index in [1.54, 1.807) is 0 Å². The van der Waals surface area contributed by atoms with E-state index in [4.69, 9.17) is 5.73 Å². The number of carbonyl (C=O) groups excluding carboxylic acids is 2. The second-order valence-corrected chi connectivity index (χ2v) is 9.57. The van der Waals surface area contributed by atoms with Crippen LogP contribution in [0.4, 0.5) is 10.5 Å². The van der Waals surface area contributed by atoms with Gasteiger partial charge in [-0.1, -0.05) is 26.0 Å². The Morgan fingerprint density at radius 3 is 2.43 bits per heavy atom. The lowest BCUT2D eigenvalue weighted by molar-refractivity contribution is -0.136. The topological polar surface area (TPSA) is 87.5 Å². The first-order valence-corrected chi connectivity index (χ1v) is 11.5. The van der Waals surface area contributed by atoms with Gasteiger partial charge in [-0.05, 0) is 80.9 Å². The maximum absolute atomic E-state index is 12.7. The number of nitrogens with zero attached hydrogens (tertiary/aromatic N) is 1. The van der Waals surface area contributed by atoms with Crippen LogP contribution in [0.25, 0.3) is 0 Å². The number of urea groups is 1. The molecule has 0 unspecified atom stereocenters. The Labute approximate surface area is 181 Å². The highest BCUT2D eigenvalue weighted by Gasteiger charge is 2.34. The van der Waals surface area contributed by atoms with E-state index in [1.807, 2.05) is 30.1 Å². The molecule has 3 rings (SSSR count). The summed E-state index contributed by atoms with van der Waals surface area (Å²) in [6, 6.07) is 7.97. The Balaban J connectivity index is 1.43. The van der Waals surface area contributed by atoms with Gasteiger partial charge >= 0.3 is 6.03 Å². The van der Waals surface area contributed by atoms with Crippen molar-refractivity contribution < 1.29 is 9.59 Å². The highest BCUT2D eigenvalue weighted by atomic mass is 16.2. The fourth-order valence-electron chi connectivity index (χ4n) is 4.61. The number of nitrogens with two attached hydrogens (primary N) is 1. The number of amides is 3. The Morgan fingerprint density at radius 1 is 1.13 bits per heavy atom. The van der Waals surface area contributed by atoms with Gasteiger partial charge in [-0.2, -0.15) is 0 Å². The molecule has 6 nitrogen and oxygen atoms in total. The molecule has 0 bridgehead atoms. The quantitative estimate of drug-likeness (QED) is 0.632. The first-order valence-electron chi connectivity index (χ1n) is 11.5. The summed E-state index contributed by atoms with van der Waals surface area (Å²) in [4.78, 5) is 26.9. The highest BCUT2D eigenvalue weighted by Crippen LogP contribution is 2.29. The normalized spacial score (nSPS) is 22.8. The summed E-state index contributed by atoms with van der Waals surface area (Å²) in [7, 11) is 1.89. The number of anilines is 1. The van der Waals surface area contributed by atoms with Crippen molar-refractivity contribution in [3.8, 4) is 0 Å². The van der Waals surface area contributed by atoms with Crippen molar-refractivity contribution in [2.24, 2.45) is 17.6 Å². The molecule has 0 aliphatic heterocycles. The molecule has 2 fully saturated rings. The van der Waals surface area contributed by atoms with Crippen molar-refractivity contribution >= 4 is 17.6 Å². The van der Waals surface area contributed by atoms with Crippen LogP contribution < -0.4 is 16.4 Å². The highest BCUT2D eigenvalue weighted by molar-refractivity contribution is 5.89. The molecule has 0 spiro atoms. The molecule has 0 radical (unpaired) electrons. The minimum Gasteiger partial charge on any atom is -0.341 e. The summed E-state index contributed by atoms with van der Waals surface area (Å²) < 4.78 is 0. The molecule has 2 aliphatic rings. The van der Waals surface area contributed by atoms with Crippen LogP contribution >= 0.6 is 0 Å². The summed E-state index contributed by atoms with van der Waals surface area (Å²) in [5.41, 5.74) is 8.37. The summed E-state index contributed by atoms with van der Waals surface area (Å²) in [6.45, 7) is 4.38. The minimum absolute atomic E-state index is 0.0788. The van der Waals surface area contributed by atoms with E-state index in [0.29, 0.717) is 12.0 Å². The molecule has 4 N–H and O–H groups in total. The van der Waals surface area contributed by atoms with Crippen molar-refractivity contribution in [3.63, 3.8) is 0 Å². The predicted molar refractivity (Wildman–Crippen MR) is 121 cm³/mol. The molecule has 1 atom stereocenters. The lowest BCUT2D eigenvalue weighted by Gasteiger charge is -2.38. The van der Waals surface area contributed by atoms with Crippen LogP contribution in [-0.4, -0.2) is 42.0 Å². The Bertz CT molecular complexity index is 724. The van der Waals surface area contributed by atoms with E-state index in [2.05, 4.69) is 30.5 Å². The molecule has 2 aliphatic carbocycles. The average molecular weight is 415 g/mol. The van der Waals surface area contributed by atoms with Crippen molar-refractivity contribution in [3.05, 3.63) is 29.8 Å².